The summed E-state index contributed by atoms with van der Waals surface area (Å²) >= 11 is 0. The summed E-state index contributed by atoms with van der Waals surface area (Å²) in [6.07, 6.45) is -0.0627. The third-order valence-corrected chi connectivity index (χ3v) is 2.25. The molecule has 0 saturated carbocycles. The highest BCUT2D eigenvalue weighted by Gasteiger charge is 2.10. The van der Waals surface area contributed by atoms with Crippen molar-refractivity contribution in [3.8, 4) is 0 Å². The number of aliphatic hydroxyl groups is 1. The highest BCUT2D eigenvalue weighted by molar-refractivity contribution is 5.69. The molecule has 0 aliphatic carbocycles. The molecule has 3 N–H and O–H groups in total. The molecule has 0 spiro atoms. The van der Waals surface area contributed by atoms with Crippen molar-refractivity contribution in [3.05, 3.63) is 29.8 Å². The number of hydrogen-bond acceptors (Lipinski definition) is 4. The van der Waals surface area contributed by atoms with E-state index < -0.39 is 6.10 Å². The second-order valence-corrected chi connectivity index (χ2v) is 3.53. The summed E-state index contributed by atoms with van der Waals surface area (Å²) < 4.78 is 4.78. The van der Waals surface area contributed by atoms with Gasteiger partial charge in [-0.25, -0.2) is 0 Å². The minimum Gasteiger partial charge on any atom is -0.466 e. The molecule has 0 amide bonds. The fraction of sp³-hybridized carbons (Fsp3) is 0.417. The SMILES string of the molecule is CCOC(=O)CC[C@H](O)c1ccc(N)cc1. The smallest absolute Gasteiger partial charge is 0.305 e. The van der Waals surface area contributed by atoms with Gasteiger partial charge in [-0.2, -0.15) is 0 Å². The van der Waals surface area contributed by atoms with Gasteiger partial charge in [0, 0.05) is 12.1 Å². The number of nitrogen functional groups attached to an aromatic ring is 1. The molecular formula is C12H17NO3. The Kier molecular flexibility index (Phi) is 4.79. The summed E-state index contributed by atoms with van der Waals surface area (Å²) in [6.45, 7) is 2.13. The van der Waals surface area contributed by atoms with E-state index in [2.05, 4.69) is 0 Å². The fourth-order valence-corrected chi connectivity index (χ4v) is 1.37. The molecule has 0 aliphatic rings. The second-order valence-electron chi connectivity index (χ2n) is 3.53. The van der Waals surface area contributed by atoms with Crippen LogP contribution in [0, 0.1) is 0 Å². The summed E-state index contributed by atoms with van der Waals surface area (Å²) in [7, 11) is 0. The van der Waals surface area contributed by atoms with E-state index in [-0.39, 0.29) is 12.4 Å². The van der Waals surface area contributed by atoms with Gasteiger partial charge in [0.2, 0.25) is 0 Å². The van der Waals surface area contributed by atoms with Gasteiger partial charge in [-0.3, -0.25) is 4.79 Å². The number of carbonyl (C=O) groups is 1. The molecule has 0 fully saturated rings. The lowest BCUT2D eigenvalue weighted by molar-refractivity contribution is -0.143. The van der Waals surface area contributed by atoms with E-state index in [9.17, 15) is 9.90 Å². The molecule has 1 rings (SSSR count). The maximum atomic E-state index is 11.1. The number of hydrogen-bond donors (Lipinski definition) is 2. The Bertz CT molecular complexity index is 335. The Morgan fingerprint density at radius 3 is 2.62 bits per heavy atom. The topological polar surface area (TPSA) is 72.5 Å². The Hall–Kier alpha value is -1.55. The molecule has 4 heteroatoms. The van der Waals surface area contributed by atoms with Gasteiger partial charge in [-0.15, -0.1) is 0 Å². The third-order valence-electron chi connectivity index (χ3n) is 2.25. The van der Waals surface area contributed by atoms with E-state index in [1.165, 1.54) is 0 Å². The molecule has 0 radical (unpaired) electrons. The first-order valence-electron chi connectivity index (χ1n) is 5.32. The zero-order valence-corrected chi connectivity index (χ0v) is 9.35. The molecule has 0 saturated heterocycles. The van der Waals surface area contributed by atoms with E-state index in [4.69, 9.17) is 10.5 Å². The number of rotatable bonds is 5. The van der Waals surface area contributed by atoms with Gasteiger partial charge in [0.15, 0.2) is 0 Å². The lowest BCUT2D eigenvalue weighted by Gasteiger charge is -2.10. The highest BCUT2D eigenvalue weighted by Crippen LogP contribution is 2.19. The average molecular weight is 223 g/mol. The van der Waals surface area contributed by atoms with Crippen LogP contribution < -0.4 is 5.73 Å². The molecule has 0 unspecified atom stereocenters. The van der Waals surface area contributed by atoms with Crippen molar-refractivity contribution >= 4 is 11.7 Å². The first-order chi connectivity index (χ1) is 7.63. The zero-order chi connectivity index (χ0) is 12.0. The Balaban J connectivity index is 2.43. The van der Waals surface area contributed by atoms with Gasteiger partial charge in [0.25, 0.3) is 0 Å². The molecule has 1 aromatic rings. The molecule has 0 aliphatic heterocycles. The average Bonchev–Trinajstić information content (AvgIpc) is 2.27. The van der Waals surface area contributed by atoms with E-state index in [0.717, 1.165) is 5.56 Å². The molecule has 88 valence electrons. The number of benzene rings is 1. The summed E-state index contributed by atoms with van der Waals surface area (Å²) in [5.41, 5.74) is 6.95. The van der Waals surface area contributed by atoms with Crippen LogP contribution in [0.3, 0.4) is 0 Å². The van der Waals surface area contributed by atoms with E-state index in [1.807, 2.05) is 0 Å². The van der Waals surface area contributed by atoms with Gasteiger partial charge >= 0.3 is 5.97 Å². The first kappa shape index (κ1) is 12.5. The summed E-state index contributed by atoms with van der Waals surface area (Å²) in [5.74, 6) is -0.281. The van der Waals surface area contributed by atoms with Crippen molar-refractivity contribution in [1.29, 1.82) is 0 Å². The van der Waals surface area contributed by atoms with Gasteiger partial charge in [-0.1, -0.05) is 12.1 Å². The van der Waals surface area contributed by atoms with Gasteiger partial charge in [0.1, 0.15) is 0 Å². The van der Waals surface area contributed by atoms with Gasteiger partial charge in [-0.05, 0) is 31.0 Å². The predicted molar refractivity (Wildman–Crippen MR) is 61.7 cm³/mol. The third kappa shape index (κ3) is 3.90. The Morgan fingerprint density at radius 2 is 2.06 bits per heavy atom. The molecule has 1 aromatic carbocycles. The first-order valence-corrected chi connectivity index (χ1v) is 5.32. The zero-order valence-electron chi connectivity index (χ0n) is 9.35. The number of anilines is 1. The molecule has 1 atom stereocenters. The van der Waals surface area contributed by atoms with E-state index in [0.29, 0.717) is 18.7 Å². The number of aliphatic hydroxyl groups excluding tert-OH is 1. The minimum absolute atomic E-state index is 0.222. The van der Waals surface area contributed by atoms with Crippen LogP contribution in [0.15, 0.2) is 24.3 Å². The van der Waals surface area contributed by atoms with Crippen LogP contribution in [0.4, 0.5) is 5.69 Å². The summed E-state index contributed by atoms with van der Waals surface area (Å²) in [5, 5.41) is 9.78. The van der Waals surface area contributed by atoms with Crippen LogP contribution in [0.5, 0.6) is 0 Å². The molecule has 4 nitrogen and oxygen atoms in total. The normalized spacial score (nSPS) is 12.1. The van der Waals surface area contributed by atoms with Crippen molar-refractivity contribution in [3.63, 3.8) is 0 Å². The highest BCUT2D eigenvalue weighted by atomic mass is 16.5. The van der Waals surface area contributed by atoms with Crippen molar-refractivity contribution in [1.82, 2.24) is 0 Å². The van der Waals surface area contributed by atoms with Gasteiger partial charge < -0.3 is 15.6 Å². The van der Waals surface area contributed by atoms with Crippen molar-refractivity contribution in [2.75, 3.05) is 12.3 Å². The van der Waals surface area contributed by atoms with Crippen LogP contribution >= 0.6 is 0 Å². The summed E-state index contributed by atoms with van der Waals surface area (Å²) in [4.78, 5) is 11.1. The van der Waals surface area contributed by atoms with E-state index >= 15 is 0 Å². The van der Waals surface area contributed by atoms with Crippen LogP contribution in [0.1, 0.15) is 31.4 Å². The predicted octanol–water partition coefficient (Wildman–Crippen LogP) is 1.65. The molecule has 0 heterocycles. The molecule has 0 aromatic heterocycles. The van der Waals surface area contributed by atoms with Gasteiger partial charge in [0.05, 0.1) is 12.7 Å². The Morgan fingerprint density at radius 1 is 1.44 bits per heavy atom. The second kappa shape index (κ2) is 6.12. The van der Waals surface area contributed by atoms with Crippen molar-refractivity contribution < 1.29 is 14.6 Å². The van der Waals surface area contributed by atoms with Crippen LogP contribution in [0.25, 0.3) is 0 Å². The lowest BCUT2D eigenvalue weighted by Crippen LogP contribution is -2.07. The number of ether oxygens (including phenoxy) is 1. The van der Waals surface area contributed by atoms with Crippen molar-refractivity contribution in [2.45, 2.75) is 25.9 Å². The molecule has 0 bridgehead atoms. The van der Waals surface area contributed by atoms with Crippen LogP contribution in [0.2, 0.25) is 0 Å². The molecule has 16 heavy (non-hydrogen) atoms. The quantitative estimate of drug-likeness (QED) is 0.588. The number of carbonyl (C=O) groups excluding carboxylic acids is 1. The number of nitrogens with two attached hydrogens (primary N) is 1. The molecular weight excluding hydrogens is 206 g/mol. The van der Waals surface area contributed by atoms with Crippen LogP contribution in [-0.4, -0.2) is 17.7 Å². The largest absolute Gasteiger partial charge is 0.466 e. The Labute approximate surface area is 95.0 Å². The monoisotopic (exact) mass is 223 g/mol. The lowest BCUT2D eigenvalue weighted by atomic mass is 10.0. The maximum Gasteiger partial charge on any atom is 0.305 e. The van der Waals surface area contributed by atoms with Crippen molar-refractivity contribution in [2.24, 2.45) is 0 Å². The fourth-order valence-electron chi connectivity index (χ4n) is 1.37. The maximum absolute atomic E-state index is 11.1. The number of esters is 1. The van der Waals surface area contributed by atoms with E-state index in [1.54, 1.807) is 31.2 Å². The minimum atomic E-state index is -0.648. The summed E-state index contributed by atoms with van der Waals surface area (Å²) in [6, 6.07) is 6.96. The standard InChI is InChI=1S/C12H17NO3/c1-2-16-12(15)8-7-11(14)9-3-5-10(13)6-4-9/h3-6,11,14H,2,7-8,13H2,1H3/t11-/m0/s1. The van der Waals surface area contributed by atoms with Crippen LogP contribution in [-0.2, 0) is 9.53 Å².